The van der Waals surface area contributed by atoms with Crippen molar-refractivity contribution in [3.05, 3.63) is 23.3 Å². The van der Waals surface area contributed by atoms with Gasteiger partial charge in [0.15, 0.2) is 0 Å². The fourth-order valence-corrected chi connectivity index (χ4v) is 1.93. The Morgan fingerprint density at radius 3 is 2.78 bits per heavy atom. The van der Waals surface area contributed by atoms with Gasteiger partial charge >= 0.3 is 5.97 Å². The van der Waals surface area contributed by atoms with Crippen LogP contribution in [0.25, 0.3) is 0 Å². The molecule has 0 radical (unpaired) electrons. The van der Waals surface area contributed by atoms with Gasteiger partial charge in [-0.25, -0.2) is 14.8 Å². The van der Waals surface area contributed by atoms with Crippen LogP contribution in [0.5, 0.6) is 0 Å². The highest BCUT2D eigenvalue weighted by atomic mass is 16.5. The van der Waals surface area contributed by atoms with E-state index in [2.05, 4.69) is 23.8 Å². The van der Waals surface area contributed by atoms with Crippen LogP contribution in [0.4, 0.5) is 0 Å². The number of esters is 1. The summed E-state index contributed by atoms with van der Waals surface area (Å²) < 4.78 is 5.05. The fraction of sp³-hybridized carbons (Fsp3) is 0.643. The first-order valence-electron chi connectivity index (χ1n) is 6.64. The molecule has 4 nitrogen and oxygen atoms in total. The van der Waals surface area contributed by atoms with E-state index in [1.165, 1.54) is 0 Å². The minimum Gasteiger partial charge on any atom is -0.462 e. The van der Waals surface area contributed by atoms with E-state index < -0.39 is 0 Å². The maximum atomic E-state index is 11.8. The molecule has 2 rings (SSSR count). The van der Waals surface area contributed by atoms with Crippen molar-refractivity contribution >= 4 is 5.97 Å². The van der Waals surface area contributed by atoms with Gasteiger partial charge in [0, 0.05) is 18.5 Å². The number of carbonyl (C=O) groups is 1. The zero-order chi connectivity index (χ0) is 13.1. The van der Waals surface area contributed by atoms with Crippen LogP contribution in [0.15, 0.2) is 6.20 Å². The van der Waals surface area contributed by atoms with E-state index in [1.807, 2.05) is 6.92 Å². The van der Waals surface area contributed by atoms with Crippen LogP contribution >= 0.6 is 0 Å². The average molecular weight is 248 g/mol. The van der Waals surface area contributed by atoms with Gasteiger partial charge in [0.1, 0.15) is 5.82 Å². The first kappa shape index (κ1) is 13.0. The van der Waals surface area contributed by atoms with E-state index >= 15 is 0 Å². The molecule has 0 bridgehead atoms. The summed E-state index contributed by atoms with van der Waals surface area (Å²) in [4.78, 5) is 20.7. The van der Waals surface area contributed by atoms with Gasteiger partial charge in [-0.3, -0.25) is 0 Å². The Balaban J connectivity index is 2.26. The number of hydrogen-bond acceptors (Lipinski definition) is 4. The molecule has 0 unspecified atom stereocenters. The van der Waals surface area contributed by atoms with E-state index in [0.717, 1.165) is 30.8 Å². The fourth-order valence-electron chi connectivity index (χ4n) is 1.93. The molecule has 0 atom stereocenters. The summed E-state index contributed by atoms with van der Waals surface area (Å²) in [6.45, 7) is 6.47. The molecule has 1 saturated carbocycles. The van der Waals surface area contributed by atoms with Crippen molar-refractivity contribution in [1.29, 1.82) is 0 Å². The molecule has 0 spiro atoms. The highest BCUT2D eigenvalue weighted by Crippen LogP contribution is 2.40. The molecule has 1 aromatic heterocycles. The molecule has 98 valence electrons. The number of nitrogens with zero attached hydrogens (tertiary/aromatic N) is 2. The molecular weight excluding hydrogens is 228 g/mol. The van der Waals surface area contributed by atoms with Crippen LogP contribution < -0.4 is 0 Å². The Bertz CT molecular complexity index is 439. The summed E-state index contributed by atoms with van der Waals surface area (Å²) in [6, 6.07) is 0. The largest absolute Gasteiger partial charge is 0.462 e. The summed E-state index contributed by atoms with van der Waals surface area (Å²) >= 11 is 0. The van der Waals surface area contributed by atoms with E-state index in [9.17, 15) is 4.79 Å². The summed E-state index contributed by atoms with van der Waals surface area (Å²) in [7, 11) is 0. The predicted octanol–water partition coefficient (Wildman–Crippen LogP) is 2.73. The van der Waals surface area contributed by atoms with Crippen LogP contribution in [-0.2, 0) is 11.2 Å². The van der Waals surface area contributed by atoms with E-state index in [1.54, 1.807) is 6.20 Å². The Morgan fingerprint density at radius 1 is 1.50 bits per heavy atom. The Hall–Kier alpha value is -1.45. The Labute approximate surface area is 108 Å². The molecule has 1 fully saturated rings. The molecular formula is C14H20N2O2. The normalized spacial score (nSPS) is 14.9. The van der Waals surface area contributed by atoms with E-state index in [4.69, 9.17) is 4.74 Å². The van der Waals surface area contributed by atoms with Crippen molar-refractivity contribution in [2.75, 3.05) is 6.61 Å². The minimum atomic E-state index is -0.296. The lowest BCUT2D eigenvalue weighted by Crippen LogP contribution is -2.12. The number of hydrogen-bond donors (Lipinski definition) is 0. The monoisotopic (exact) mass is 248 g/mol. The van der Waals surface area contributed by atoms with Crippen LogP contribution in [-0.4, -0.2) is 22.5 Å². The van der Waals surface area contributed by atoms with Gasteiger partial charge in [-0.2, -0.15) is 0 Å². The molecule has 1 aliphatic carbocycles. The second-order valence-electron chi connectivity index (χ2n) is 5.18. The average Bonchev–Trinajstić information content (AvgIpc) is 3.12. The maximum Gasteiger partial charge on any atom is 0.341 e. The third-order valence-electron chi connectivity index (χ3n) is 2.92. The zero-order valence-corrected chi connectivity index (χ0v) is 11.3. The lowest BCUT2D eigenvalue weighted by molar-refractivity contribution is 0.0523. The Morgan fingerprint density at radius 2 is 2.22 bits per heavy atom. The molecule has 1 heterocycles. The molecule has 0 saturated heterocycles. The highest BCUT2D eigenvalue weighted by Gasteiger charge is 2.30. The Kier molecular flexibility index (Phi) is 3.94. The molecule has 0 aromatic carbocycles. The van der Waals surface area contributed by atoms with Crippen molar-refractivity contribution in [1.82, 2.24) is 9.97 Å². The van der Waals surface area contributed by atoms with E-state index in [-0.39, 0.29) is 5.97 Å². The van der Waals surface area contributed by atoms with Crippen molar-refractivity contribution in [2.24, 2.45) is 5.92 Å². The van der Waals surface area contributed by atoms with Gasteiger partial charge in [-0.05, 0) is 25.7 Å². The topological polar surface area (TPSA) is 52.1 Å². The van der Waals surface area contributed by atoms with Crippen LogP contribution in [0.3, 0.4) is 0 Å². The van der Waals surface area contributed by atoms with Gasteiger partial charge in [-0.15, -0.1) is 0 Å². The van der Waals surface area contributed by atoms with Crippen molar-refractivity contribution in [3.8, 4) is 0 Å². The summed E-state index contributed by atoms with van der Waals surface area (Å²) in [5, 5.41) is 0. The zero-order valence-electron chi connectivity index (χ0n) is 11.3. The minimum absolute atomic E-state index is 0.296. The quantitative estimate of drug-likeness (QED) is 0.752. The summed E-state index contributed by atoms with van der Waals surface area (Å²) in [6.07, 6.45) is 4.72. The predicted molar refractivity (Wildman–Crippen MR) is 68.5 cm³/mol. The van der Waals surface area contributed by atoms with Crippen LogP contribution in [0.2, 0.25) is 0 Å². The van der Waals surface area contributed by atoms with Crippen LogP contribution in [0, 0.1) is 5.92 Å². The van der Waals surface area contributed by atoms with Gasteiger partial charge in [0.2, 0.25) is 0 Å². The second kappa shape index (κ2) is 5.46. The van der Waals surface area contributed by atoms with Gasteiger partial charge < -0.3 is 4.74 Å². The maximum absolute atomic E-state index is 11.8. The van der Waals surface area contributed by atoms with Gasteiger partial charge in [-0.1, -0.05) is 13.8 Å². The summed E-state index contributed by atoms with van der Waals surface area (Å²) in [5.41, 5.74) is 1.44. The molecule has 0 aliphatic heterocycles. The lowest BCUT2D eigenvalue weighted by Gasteiger charge is -2.09. The molecule has 4 heteroatoms. The second-order valence-corrected chi connectivity index (χ2v) is 5.18. The number of rotatable bonds is 5. The first-order chi connectivity index (χ1) is 8.61. The van der Waals surface area contributed by atoms with Crippen molar-refractivity contribution < 1.29 is 9.53 Å². The van der Waals surface area contributed by atoms with Gasteiger partial charge in [0.25, 0.3) is 0 Å². The molecule has 0 N–H and O–H groups in total. The highest BCUT2D eigenvalue weighted by molar-refractivity contribution is 5.90. The summed E-state index contributed by atoms with van der Waals surface area (Å²) in [5.74, 6) is 1.49. The molecule has 18 heavy (non-hydrogen) atoms. The molecule has 0 amide bonds. The number of ether oxygens (including phenoxy) is 1. The third kappa shape index (κ3) is 3.06. The first-order valence-corrected chi connectivity index (χ1v) is 6.64. The molecule has 1 aliphatic rings. The smallest absolute Gasteiger partial charge is 0.341 e. The molecule has 1 aromatic rings. The van der Waals surface area contributed by atoms with Gasteiger partial charge in [0.05, 0.1) is 17.9 Å². The SMILES string of the molecule is CCOC(=O)c1cnc(CC(C)C)nc1C1CC1. The number of aromatic nitrogens is 2. The number of carbonyl (C=O) groups excluding carboxylic acids is 1. The van der Waals surface area contributed by atoms with Crippen LogP contribution in [0.1, 0.15) is 61.4 Å². The standard InChI is InChI=1S/C14H20N2O2/c1-4-18-14(17)11-8-15-12(7-9(2)3)16-13(11)10-5-6-10/h8-10H,4-7H2,1-3H3. The van der Waals surface area contributed by atoms with Crippen molar-refractivity contribution in [3.63, 3.8) is 0 Å². The third-order valence-corrected chi connectivity index (χ3v) is 2.92. The lowest BCUT2D eigenvalue weighted by atomic mass is 10.1. The van der Waals surface area contributed by atoms with E-state index in [0.29, 0.717) is 24.0 Å². The van der Waals surface area contributed by atoms with Crippen molar-refractivity contribution in [2.45, 2.75) is 46.0 Å².